The van der Waals surface area contributed by atoms with Crippen LogP contribution in [0.1, 0.15) is 31.7 Å². The van der Waals surface area contributed by atoms with Crippen molar-refractivity contribution >= 4 is 29.9 Å². The third kappa shape index (κ3) is 9.89. The normalized spacial score (nSPS) is 15.2. The van der Waals surface area contributed by atoms with Crippen molar-refractivity contribution in [3.8, 4) is 5.75 Å². The van der Waals surface area contributed by atoms with Gasteiger partial charge in [-0.1, -0.05) is 12.1 Å². The molecule has 0 heterocycles. The van der Waals surface area contributed by atoms with Crippen LogP contribution in [0, 0.1) is 12.8 Å². The summed E-state index contributed by atoms with van der Waals surface area (Å²) < 4.78 is 11.5. The predicted molar refractivity (Wildman–Crippen MR) is 114 cm³/mol. The Hall–Kier alpha value is -1.02. The molecule has 6 heteroatoms. The summed E-state index contributed by atoms with van der Waals surface area (Å²) in [5.74, 6) is 2.54. The first kappa shape index (κ1) is 22.0. The lowest BCUT2D eigenvalue weighted by atomic mass is 10.2. The van der Waals surface area contributed by atoms with Crippen molar-refractivity contribution in [3.63, 3.8) is 0 Å². The average Bonchev–Trinajstić information content (AvgIpc) is 3.37. The molecule has 0 amide bonds. The van der Waals surface area contributed by atoms with E-state index in [4.69, 9.17) is 9.47 Å². The number of aliphatic imine (C=N–C) groups is 1. The molecular weight excluding hydrogens is 429 g/mol. The second-order valence-electron chi connectivity index (χ2n) is 6.50. The summed E-state index contributed by atoms with van der Waals surface area (Å²) in [6, 6.07) is 8.11. The molecule has 1 aliphatic rings. The fourth-order valence-corrected chi connectivity index (χ4v) is 2.34. The van der Waals surface area contributed by atoms with E-state index in [2.05, 4.69) is 28.6 Å². The molecule has 0 spiro atoms. The number of benzene rings is 1. The molecule has 0 aliphatic heterocycles. The molecule has 2 rings (SSSR count). The third-order valence-electron chi connectivity index (χ3n) is 3.92. The highest BCUT2D eigenvalue weighted by atomic mass is 127. The molecule has 0 saturated heterocycles. The van der Waals surface area contributed by atoms with Gasteiger partial charge < -0.3 is 20.1 Å². The molecule has 1 unspecified atom stereocenters. The minimum atomic E-state index is 0. The molecule has 0 bridgehead atoms. The van der Waals surface area contributed by atoms with E-state index >= 15 is 0 Å². The van der Waals surface area contributed by atoms with E-state index in [0.717, 1.165) is 43.8 Å². The van der Waals surface area contributed by atoms with Crippen LogP contribution in [0.2, 0.25) is 0 Å². The number of guanidine groups is 1. The Balaban J connectivity index is 0.00000312. The summed E-state index contributed by atoms with van der Waals surface area (Å²) in [5.41, 5.74) is 1.20. The van der Waals surface area contributed by atoms with Gasteiger partial charge in [-0.05, 0) is 56.7 Å². The zero-order chi connectivity index (χ0) is 17.2. The van der Waals surface area contributed by atoms with Crippen molar-refractivity contribution in [2.24, 2.45) is 10.9 Å². The van der Waals surface area contributed by atoms with Crippen molar-refractivity contribution in [1.82, 2.24) is 10.6 Å². The van der Waals surface area contributed by atoms with Gasteiger partial charge in [-0.3, -0.25) is 4.99 Å². The molecule has 142 valence electrons. The Kier molecular flexibility index (Phi) is 10.9. The standard InChI is InChI=1S/C19H31N3O2.HI/c1-15-6-4-7-18(12-15)24-16(2)13-22-19(20-3)21-10-5-11-23-14-17-8-9-17;/h4,6-7,12,16-17H,5,8-11,13-14H2,1-3H3,(H2,20,21,22);1H. The number of hydrogen-bond acceptors (Lipinski definition) is 3. The van der Waals surface area contributed by atoms with Gasteiger partial charge in [0, 0.05) is 26.8 Å². The first-order chi connectivity index (χ1) is 11.7. The molecule has 1 saturated carbocycles. The van der Waals surface area contributed by atoms with Crippen molar-refractivity contribution < 1.29 is 9.47 Å². The van der Waals surface area contributed by atoms with Crippen molar-refractivity contribution in [3.05, 3.63) is 29.8 Å². The van der Waals surface area contributed by atoms with E-state index in [1.165, 1.54) is 18.4 Å². The summed E-state index contributed by atoms with van der Waals surface area (Å²) in [5, 5.41) is 6.60. The maximum Gasteiger partial charge on any atom is 0.191 e. The molecular formula is C19H32IN3O2. The summed E-state index contributed by atoms with van der Waals surface area (Å²) in [4.78, 5) is 4.24. The van der Waals surface area contributed by atoms with Gasteiger partial charge in [-0.25, -0.2) is 0 Å². The lowest BCUT2D eigenvalue weighted by Crippen LogP contribution is -2.42. The van der Waals surface area contributed by atoms with E-state index in [9.17, 15) is 0 Å². The Bertz CT molecular complexity index is 521. The maximum atomic E-state index is 5.91. The second kappa shape index (κ2) is 12.4. The summed E-state index contributed by atoms with van der Waals surface area (Å²) >= 11 is 0. The monoisotopic (exact) mass is 461 g/mol. The summed E-state index contributed by atoms with van der Waals surface area (Å²) in [6.45, 7) is 7.42. The van der Waals surface area contributed by atoms with Gasteiger partial charge in [0.1, 0.15) is 11.9 Å². The zero-order valence-corrected chi connectivity index (χ0v) is 17.9. The van der Waals surface area contributed by atoms with Gasteiger partial charge in [-0.2, -0.15) is 0 Å². The molecule has 0 aromatic heterocycles. The van der Waals surface area contributed by atoms with E-state index in [0.29, 0.717) is 6.54 Å². The van der Waals surface area contributed by atoms with Crippen LogP contribution in [0.5, 0.6) is 5.75 Å². The molecule has 1 aromatic carbocycles. The Morgan fingerprint density at radius 3 is 2.80 bits per heavy atom. The van der Waals surface area contributed by atoms with Gasteiger partial charge in [0.05, 0.1) is 6.54 Å². The topological polar surface area (TPSA) is 54.9 Å². The highest BCUT2D eigenvalue weighted by Crippen LogP contribution is 2.28. The lowest BCUT2D eigenvalue weighted by molar-refractivity contribution is 0.123. The SMILES string of the molecule is CN=C(NCCCOCC1CC1)NCC(C)Oc1cccc(C)c1.I. The number of rotatable bonds is 10. The Labute approximate surface area is 169 Å². The van der Waals surface area contributed by atoms with E-state index < -0.39 is 0 Å². The van der Waals surface area contributed by atoms with Crippen LogP contribution >= 0.6 is 24.0 Å². The van der Waals surface area contributed by atoms with E-state index in [1.807, 2.05) is 25.1 Å². The average molecular weight is 461 g/mol. The number of ether oxygens (including phenoxy) is 2. The van der Waals surface area contributed by atoms with Gasteiger partial charge in [0.2, 0.25) is 0 Å². The van der Waals surface area contributed by atoms with Gasteiger partial charge in [-0.15, -0.1) is 24.0 Å². The highest BCUT2D eigenvalue weighted by Gasteiger charge is 2.20. The largest absolute Gasteiger partial charge is 0.489 e. The van der Waals surface area contributed by atoms with Crippen molar-refractivity contribution in [2.75, 3.05) is 33.4 Å². The second-order valence-corrected chi connectivity index (χ2v) is 6.50. The van der Waals surface area contributed by atoms with Gasteiger partial charge in [0.25, 0.3) is 0 Å². The van der Waals surface area contributed by atoms with E-state index in [1.54, 1.807) is 7.05 Å². The predicted octanol–water partition coefficient (Wildman–Crippen LogP) is 3.36. The minimum Gasteiger partial charge on any atom is -0.489 e. The molecule has 0 radical (unpaired) electrons. The van der Waals surface area contributed by atoms with Crippen LogP contribution < -0.4 is 15.4 Å². The van der Waals surface area contributed by atoms with Crippen LogP contribution in [-0.4, -0.2) is 45.4 Å². The number of aryl methyl sites for hydroxylation is 1. The Morgan fingerprint density at radius 2 is 2.12 bits per heavy atom. The fraction of sp³-hybridized carbons (Fsp3) is 0.632. The molecule has 1 aliphatic carbocycles. The van der Waals surface area contributed by atoms with Gasteiger partial charge >= 0.3 is 0 Å². The number of nitrogens with zero attached hydrogens (tertiary/aromatic N) is 1. The molecule has 1 fully saturated rings. The summed E-state index contributed by atoms with van der Waals surface area (Å²) in [6.07, 6.45) is 3.74. The third-order valence-corrected chi connectivity index (χ3v) is 3.92. The first-order valence-electron chi connectivity index (χ1n) is 8.93. The first-order valence-corrected chi connectivity index (χ1v) is 8.93. The zero-order valence-electron chi connectivity index (χ0n) is 15.6. The highest BCUT2D eigenvalue weighted by molar-refractivity contribution is 14.0. The minimum absolute atomic E-state index is 0. The maximum absolute atomic E-state index is 5.91. The Morgan fingerprint density at radius 1 is 1.32 bits per heavy atom. The van der Waals surface area contributed by atoms with Crippen LogP contribution in [0.15, 0.2) is 29.3 Å². The molecule has 5 nitrogen and oxygen atoms in total. The molecule has 2 N–H and O–H groups in total. The smallest absolute Gasteiger partial charge is 0.191 e. The van der Waals surface area contributed by atoms with Gasteiger partial charge in [0.15, 0.2) is 5.96 Å². The quantitative estimate of drug-likeness (QED) is 0.243. The number of hydrogen-bond donors (Lipinski definition) is 2. The molecule has 1 aromatic rings. The van der Waals surface area contributed by atoms with E-state index in [-0.39, 0.29) is 30.1 Å². The van der Waals surface area contributed by atoms with Crippen LogP contribution in [-0.2, 0) is 4.74 Å². The molecule has 25 heavy (non-hydrogen) atoms. The van der Waals surface area contributed by atoms with Crippen LogP contribution in [0.25, 0.3) is 0 Å². The number of halogens is 1. The van der Waals surface area contributed by atoms with Crippen molar-refractivity contribution in [2.45, 2.75) is 39.2 Å². The van der Waals surface area contributed by atoms with Crippen LogP contribution in [0.3, 0.4) is 0 Å². The fourth-order valence-electron chi connectivity index (χ4n) is 2.34. The molecule has 1 atom stereocenters. The summed E-state index contributed by atoms with van der Waals surface area (Å²) in [7, 11) is 1.78. The lowest BCUT2D eigenvalue weighted by Gasteiger charge is -2.18. The van der Waals surface area contributed by atoms with Crippen LogP contribution in [0.4, 0.5) is 0 Å². The number of nitrogens with one attached hydrogen (secondary N) is 2. The van der Waals surface area contributed by atoms with Crippen molar-refractivity contribution in [1.29, 1.82) is 0 Å².